The Hall–Kier alpha value is -1.53. The molecule has 34 heavy (non-hydrogen) atoms. The van der Waals surface area contributed by atoms with Crippen LogP contribution in [-0.2, 0) is 16.0 Å². The third-order valence-electron chi connectivity index (χ3n) is 8.04. The molecule has 182 valence electrons. The Labute approximate surface area is 213 Å². The van der Waals surface area contributed by atoms with Crippen molar-refractivity contribution in [2.75, 3.05) is 51.6 Å². The van der Waals surface area contributed by atoms with E-state index in [-0.39, 0.29) is 12.1 Å². The van der Waals surface area contributed by atoms with Gasteiger partial charge in [-0.25, -0.2) is 0 Å². The number of esters is 1. The average molecular weight is 500 g/mol. The van der Waals surface area contributed by atoms with Crippen LogP contribution < -0.4 is 0 Å². The van der Waals surface area contributed by atoms with Crippen LogP contribution in [0.5, 0.6) is 0 Å². The Kier molecular flexibility index (Phi) is 7.84. The van der Waals surface area contributed by atoms with Crippen molar-refractivity contribution >= 4 is 29.3 Å². The number of hydrogen-bond donors (Lipinski definition) is 0. The van der Waals surface area contributed by atoms with Crippen LogP contribution in [0.2, 0.25) is 5.02 Å². The Bertz CT molecular complexity index is 964. The summed E-state index contributed by atoms with van der Waals surface area (Å²) in [5.74, 6) is 1.65. The molecule has 4 aliphatic rings. The minimum Gasteiger partial charge on any atom is -0.456 e. The lowest BCUT2D eigenvalue weighted by molar-refractivity contribution is -0.946. The number of ether oxygens (including phenoxy) is 1. The monoisotopic (exact) mass is 499 g/mol. The number of nitrogens with zero attached hydrogens (tertiary/aromatic N) is 2. The fraction of sp³-hybridized carbons (Fsp3) is 0.536. The van der Waals surface area contributed by atoms with Crippen molar-refractivity contribution in [2.24, 2.45) is 5.92 Å². The fourth-order valence-corrected chi connectivity index (χ4v) is 7.51. The molecule has 2 bridgehead atoms. The third kappa shape index (κ3) is 5.99. The summed E-state index contributed by atoms with van der Waals surface area (Å²) >= 11 is 8.21. The SMILES string of the molecule is O=C(CCN1CCSC(c2ccccc2)C1)O[C@@H]1C[N+]2(CCc3cccc(Cl)c3)CCC1CC2. The van der Waals surface area contributed by atoms with Gasteiger partial charge in [-0.05, 0) is 23.3 Å². The van der Waals surface area contributed by atoms with E-state index in [0.29, 0.717) is 17.6 Å². The average Bonchev–Trinajstić information content (AvgIpc) is 2.88. The molecule has 0 N–H and O–H groups in total. The molecule has 2 atom stereocenters. The second-order valence-corrected chi connectivity index (χ2v) is 12.0. The van der Waals surface area contributed by atoms with Crippen molar-refractivity contribution in [1.29, 1.82) is 0 Å². The molecule has 4 saturated heterocycles. The Morgan fingerprint density at radius 3 is 2.74 bits per heavy atom. The molecule has 0 amide bonds. The molecule has 0 saturated carbocycles. The van der Waals surface area contributed by atoms with Crippen molar-refractivity contribution in [3.8, 4) is 0 Å². The first-order valence-electron chi connectivity index (χ1n) is 12.8. The molecule has 0 aliphatic carbocycles. The van der Waals surface area contributed by atoms with Gasteiger partial charge in [-0.3, -0.25) is 4.79 Å². The zero-order valence-corrected chi connectivity index (χ0v) is 21.5. The molecule has 0 aromatic heterocycles. The molecule has 2 aromatic carbocycles. The van der Waals surface area contributed by atoms with Crippen molar-refractivity contribution in [2.45, 2.75) is 37.0 Å². The van der Waals surface area contributed by atoms with Gasteiger partial charge in [0.25, 0.3) is 0 Å². The van der Waals surface area contributed by atoms with E-state index >= 15 is 0 Å². The van der Waals surface area contributed by atoms with Crippen LogP contribution in [0.1, 0.15) is 35.6 Å². The smallest absolute Gasteiger partial charge is 0.307 e. The quantitative estimate of drug-likeness (QED) is 0.368. The summed E-state index contributed by atoms with van der Waals surface area (Å²) in [6.45, 7) is 7.38. The summed E-state index contributed by atoms with van der Waals surface area (Å²) < 4.78 is 7.20. The Morgan fingerprint density at radius 1 is 1.12 bits per heavy atom. The van der Waals surface area contributed by atoms with Crippen LogP contribution >= 0.6 is 23.4 Å². The zero-order chi connectivity index (χ0) is 23.4. The van der Waals surface area contributed by atoms with Crippen LogP contribution in [0.25, 0.3) is 0 Å². The largest absolute Gasteiger partial charge is 0.456 e. The highest BCUT2D eigenvalue weighted by atomic mass is 35.5. The van der Waals surface area contributed by atoms with Crippen molar-refractivity contribution < 1.29 is 14.0 Å². The molecule has 0 radical (unpaired) electrons. The Morgan fingerprint density at radius 2 is 1.94 bits per heavy atom. The van der Waals surface area contributed by atoms with Gasteiger partial charge in [-0.2, -0.15) is 11.8 Å². The molecule has 0 spiro atoms. The molecular formula is C28H36ClN2O2S+. The standard InChI is InChI=1S/C28H36ClN2O2S/c29-25-8-4-5-22(19-25)10-15-31-16-11-23(12-17-31)26(21-31)33-28(32)9-13-30-14-18-34-27(20-30)24-6-2-1-3-7-24/h1-8,19,23,26-27H,9-18,20-21H2/q+1/t23?,26-,27?,31?/m1/s1. The molecule has 4 fully saturated rings. The highest BCUT2D eigenvalue weighted by Gasteiger charge is 2.47. The molecule has 1 unspecified atom stereocenters. The van der Waals surface area contributed by atoms with Gasteiger partial charge in [0, 0.05) is 60.8 Å². The van der Waals surface area contributed by atoms with Gasteiger partial charge < -0.3 is 14.1 Å². The summed E-state index contributed by atoms with van der Waals surface area (Å²) in [5, 5.41) is 1.31. The number of carbonyl (C=O) groups excluding carboxylic acids is 1. The van der Waals surface area contributed by atoms with E-state index < -0.39 is 0 Å². The number of thioether (sulfide) groups is 1. The molecule has 4 nitrogen and oxygen atoms in total. The van der Waals surface area contributed by atoms with E-state index in [9.17, 15) is 4.79 Å². The summed E-state index contributed by atoms with van der Waals surface area (Å²) in [7, 11) is 0. The van der Waals surface area contributed by atoms with Gasteiger partial charge in [0.15, 0.2) is 6.10 Å². The van der Waals surface area contributed by atoms with Crippen LogP contribution in [0.4, 0.5) is 0 Å². The second kappa shape index (κ2) is 11.0. The first-order chi connectivity index (χ1) is 16.6. The predicted octanol–water partition coefficient (Wildman–Crippen LogP) is 5.21. The molecular weight excluding hydrogens is 464 g/mol. The number of piperidine rings is 3. The summed E-state index contributed by atoms with van der Waals surface area (Å²) in [6, 6.07) is 19.0. The maximum absolute atomic E-state index is 12.8. The fourth-order valence-electron chi connectivity index (χ4n) is 5.98. The van der Waals surface area contributed by atoms with Gasteiger partial charge in [0.2, 0.25) is 0 Å². The Balaban J connectivity index is 1.10. The lowest BCUT2D eigenvalue weighted by Gasteiger charge is -2.52. The number of rotatable bonds is 8. The number of fused-ring (bicyclic) bond motifs is 3. The summed E-state index contributed by atoms with van der Waals surface area (Å²) in [6.07, 6.45) is 3.97. The molecule has 4 heterocycles. The van der Waals surface area contributed by atoms with Gasteiger partial charge in [0.05, 0.1) is 26.1 Å². The maximum Gasteiger partial charge on any atom is 0.307 e. The molecule has 4 aliphatic heterocycles. The van der Waals surface area contributed by atoms with E-state index in [1.165, 1.54) is 37.1 Å². The van der Waals surface area contributed by atoms with Crippen LogP contribution in [0, 0.1) is 5.92 Å². The highest BCUT2D eigenvalue weighted by molar-refractivity contribution is 7.99. The number of benzene rings is 2. The summed E-state index contributed by atoms with van der Waals surface area (Å²) in [5.41, 5.74) is 2.69. The topological polar surface area (TPSA) is 29.5 Å². The lowest BCUT2D eigenvalue weighted by Crippen LogP contribution is -2.65. The predicted molar refractivity (Wildman–Crippen MR) is 140 cm³/mol. The van der Waals surface area contributed by atoms with E-state index in [0.717, 1.165) is 54.4 Å². The first-order valence-corrected chi connectivity index (χ1v) is 14.2. The van der Waals surface area contributed by atoms with Crippen molar-refractivity contribution in [3.05, 3.63) is 70.7 Å². The van der Waals surface area contributed by atoms with Crippen LogP contribution in [-0.4, -0.2) is 73.0 Å². The number of carbonyl (C=O) groups is 1. The van der Waals surface area contributed by atoms with Gasteiger partial charge in [0.1, 0.15) is 6.54 Å². The van der Waals surface area contributed by atoms with Gasteiger partial charge >= 0.3 is 5.97 Å². The number of hydrogen-bond acceptors (Lipinski definition) is 4. The van der Waals surface area contributed by atoms with Gasteiger partial charge in [-0.15, -0.1) is 0 Å². The molecule has 2 aromatic rings. The van der Waals surface area contributed by atoms with Crippen molar-refractivity contribution in [1.82, 2.24) is 4.90 Å². The molecule has 6 heteroatoms. The zero-order valence-electron chi connectivity index (χ0n) is 19.9. The maximum atomic E-state index is 12.8. The van der Waals surface area contributed by atoms with Gasteiger partial charge in [-0.1, -0.05) is 54.1 Å². The first kappa shape index (κ1) is 24.2. The lowest BCUT2D eigenvalue weighted by atomic mass is 9.83. The van der Waals surface area contributed by atoms with E-state index in [2.05, 4.69) is 47.4 Å². The molecule has 6 rings (SSSR count). The highest BCUT2D eigenvalue weighted by Crippen LogP contribution is 2.36. The van der Waals surface area contributed by atoms with Crippen LogP contribution in [0.3, 0.4) is 0 Å². The second-order valence-electron chi connectivity index (χ2n) is 10.3. The normalized spacial score (nSPS) is 29.1. The van der Waals surface area contributed by atoms with Crippen molar-refractivity contribution in [3.63, 3.8) is 0 Å². The summed E-state index contributed by atoms with van der Waals surface area (Å²) in [4.78, 5) is 15.3. The minimum absolute atomic E-state index is 0.0128. The third-order valence-corrected chi connectivity index (χ3v) is 9.52. The number of halogens is 1. The minimum atomic E-state index is -0.0128. The van der Waals surface area contributed by atoms with E-state index in [4.69, 9.17) is 16.3 Å². The van der Waals surface area contributed by atoms with Crippen LogP contribution in [0.15, 0.2) is 54.6 Å². The number of quaternary nitrogens is 1. The van der Waals surface area contributed by atoms with E-state index in [1.54, 1.807) is 0 Å². The van der Waals surface area contributed by atoms with E-state index in [1.807, 2.05) is 23.9 Å².